The Balaban J connectivity index is 1.34. The molecule has 2 unspecified atom stereocenters. The van der Waals surface area contributed by atoms with Gasteiger partial charge in [0.2, 0.25) is 6.29 Å². The quantitative estimate of drug-likeness (QED) is 0.106. The fourth-order valence-electron chi connectivity index (χ4n) is 4.36. The van der Waals surface area contributed by atoms with E-state index < -0.39 is 60.2 Å². The smallest absolute Gasteiger partial charge is 0.330 e. The van der Waals surface area contributed by atoms with Crippen LogP contribution in [0.4, 0.5) is 0 Å². The third-order valence-electron chi connectivity index (χ3n) is 6.57. The molecule has 0 radical (unpaired) electrons. The number of phenols is 3. The lowest BCUT2D eigenvalue weighted by Gasteiger charge is -2.39. The van der Waals surface area contributed by atoms with Gasteiger partial charge in [-0.05, 0) is 29.8 Å². The summed E-state index contributed by atoms with van der Waals surface area (Å²) in [6.07, 6.45) is -5.28. The van der Waals surface area contributed by atoms with E-state index in [-0.39, 0.29) is 33.8 Å². The Morgan fingerprint density at radius 1 is 0.857 bits per heavy atom. The van der Waals surface area contributed by atoms with Crippen molar-refractivity contribution in [2.45, 2.75) is 30.7 Å². The average Bonchev–Trinajstić information content (AvgIpc) is 2.97. The number of hydrogen-bond donors (Lipinski definition) is 6. The second-order valence-corrected chi connectivity index (χ2v) is 9.50. The molecular weight excluding hydrogens is 552 g/mol. The van der Waals surface area contributed by atoms with Crippen LogP contribution in [0.1, 0.15) is 5.56 Å². The van der Waals surface area contributed by atoms with E-state index in [1.807, 2.05) is 6.07 Å². The highest BCUT2D eigenvalue weighted by Gasteiger charge is 2.45. The van der Waals surface area contributed by atoms with Gasteiger partial charge in [-0.15, -0.1) is 0 Å². The van der Waals surface area contributed by atoms with Crippen molar-refractivity contribution in [2.24, 2.45) is 0 Å². The van der Waals surface area contributed by atoms with Gasteiger partial charge >= 0.3 is 5.97 Å². The van der Waals surface area contributed by atoms with E-state index in [1.54, 1.807) is 24.3 Å². The van der Waals surface area contributed by atoms with Gasteiger partial charge in [0.15, 0.2) is 16.9 Å². The molecular formula is C30H26O12. The number of phenolic OH excluding ortho intramolecular Hbond substituents is 3. The number of hydrogen-bond acceptors (Lipinski definition) is 12. The summed E-state index contributed by atoms with van der Waals surface area (Å²) in [5, 5.41) is 61.0. The number of aliphatic hydroxyl groups excluding tert-OH is 3. The molecule has 1 aliphatic rings. The maximum Gasteiger partial charge on any atom is 0.330 e. The molecule has 5 rings (SSSR count). The number of aromatic hydroxyl groups is 3. The van der Waals surface area contributed by atoms with Crippen LogP contribution in [-0.2, 0) is 14.3 Å². The molecule has 4 aromatic rings. The summed E-state index contributed by atoms with van der Waals surface area (Å²) >= 11 is 0. The normalized spacial score (nSPS) is 22.3. The van der Waals surface area contributed by atoms with Gasteiger partial charge in [-0.1, -0.05) is 30.3 Å². The summed E-state index contributed by atoms with van der Waals surface area (Å²) in [4.78, 5) is 24.9. The minimum absolute atomic E-state index is 0.00930. The van der Waals surface area contributed by atoms with Crippen LogP contribution < -0.4 is 10.2 Å². The number of carbonyl (C=O) groups excluding carboxylic acids is 1. The second-order valence-electron chi connectivity index (χ2n) is 9.50. The van der Waals surface area contributed by atoms with E-state index in [9.17, 15) is 40.2 Å². The van der Waals surface area contributed by atoms with Crippen molar-refractivity contribution in [2.75, 3.05) is 6.61 Å². The number of carbonyl (C=O) groups is 1. The van der Waals surface area contributed by atoms with Crippen molar-refractivity contribution in [1.29, 1.82) is 0 Å². The fourth-order valence-corrected chi connectivity index (χ4v) is 4.36. The van der Waals surface area contributed by atoms with Crippen LogP contribution in [0, 0.1) is 0 Å². The Morgan fingerprint density at radius 3 is 2.36 bits per heavy atom. The lowest BCUT2D eigenvalue weighted by molar-refractivity contribution is -0.278. The first-order valence-corrected chi connectivity index (χ1v) is 12.7. The Bertz CT molecular complexity index is 1680. The summed E-state index contributed by atoms with van der Waals surface area (Å²) in [5.41, 5.74) is 0.285. The molecule has 3 aromatic carbocycles. The van der Waals surface area contributed by atoms with Crippen molar-refractivity contribution in [3.05, 3.63) is 88.6 Å². The molecule has 0 bridgehead atoms. The molecule has 0 spiro atoms. The first-order valence-electron chi connectivity index (χ1n) is 12.7. The maximum atomic E-state index is 12.7. The summed E-state index contributed by atoms with van der Waals surface area (Å²) in [7, 11) is 0. The minimum atomic E-state index is -1.75. The third kappa shape index (κ3) is 6.06. The highest BCUT2D eigenvalue weighted by Crippen LogP contribution is 2.35. The average molecular weight is 579 g/mol. The molecule has 0 amide bonds. The lowest BCUT2D eigenvalue weighted by Crippen LogP contribution is -2.60. The molecule has 0 aliphatic carbocycles. The summed E-state index contributed by atoms with van der Waals surface area (Å²) < 4.78 is 22.1. The second kappa shape index (κ2) is 11.9. The van der Waals surface area contributed by atoms with Gasteiger partial charge in [-0.3, -0.25) is 4.79 Å². The van der Waals surface area contributed by atoms with Gasteiger partial charge in [-0.25, -0.2) is 4.79 Å². The lowest BCUT2D eigenvalue weighted by atomic mass is 9.99. The molecule has 0 saturated carbocycles. The van der Waals surface area contributed by atoms with E-state index in [0.29, 0.717) is 0 Å². The van der Waals surface area contributed by atoms with E-state index in [2.05, 4.69) is 0 Å². The molecule has 5 atom stereocenters. The number of fused-ring (bicyclic) bond motifs is 1. The minimum Gasteiger partial charge on any atom is -0.507 e. The Kier molecular flexibility index (Phi) is 8.13. The SMILES string of the molecule is O=C(/C=C/c1ccccc1)OCC1O[C@@H](Oc2cc(O)c3c(=O)cc(-c4ccc(O)c(O)c4)oc3c2)C(O)[C@@H](O)[C@@H]1O. The van der Waals surface area contributed by atoms with Gasteiger partial charge in [0.05, 0.1) is 0 Å². The monoisotopic (exact) mass is 578 g/mol. The van der Waals surface area contributed by atoms with E-state index in [4.69, 9.17) is 18.6 Å². The highest BCUT2D eigenvalue weighted by molar-refractivity contribution is 5.87. The Hall–Kier alpha value is -4.88. The zero-order chi connectivity index (χ0) is 30.0. The van der Waals surface area contributed by atoms with E-state index >= 15 is 0 Å². The zero-order valence-corrected chi connectivity index (χ0v) is 21.7. The molecule has 2 heterocycles. The maximum absolute atomic E-state index is 12.7. The first kappa shape index (κ1) is 28.6. The number of aliphatic hydroxyl groups is 3. The number of rotatable bonds is 7. The van der Waals surface area contributed by atoms with Crippen LogP contribution >= 0.6 is 0 Å². The molecule has 12 nitrogen and oxygen atoms in total. The molecule has 1 saturated heterocycles. The van der Waals surface area contributed by atoms with Gasteiger partial charge in [-0.2, -0.15) is 0 Å². The predicted molar refractivity (Wildman–Crippen MR) is 147 cm³/mol. The molecule has 1 fully saturated rings. The van der Waals surface area contributed by atoms with Crippen molar-refractivity contribution < 1.29 is 54.1 Å². The topological polar surface area (TPSA) is 196 Å². The van der Waals surface area contributed by atoms with Crippen LogP contribution in [0.15, 0.2) is 82.0 Å². The van der Waals surface area contributed by atoms with Crippen molar-refractivity contribution in [3.63, 3.8) is 0 Å². The van der Waals surface area contributed by atoms with Gasteiger partial charge < -0.3 is 49.3 Å². The summed E-state index contributed by atoms with van der Waals surface area (Å²) in [6, 6.07) is 16.2. The van der Waals surface area contributed by atoms with Crippen molar-refractivity contribution >= 4 is 23.0 Å². The summed E-state index contributed by atoms with van der Waals surface area (Å²) in [6.45, 7) is -0.483. The van der Waals surface area contributed by atoms with Crippen LogP contribution in [0.25, 0.3) is 28.4 Å². The van der Waals surface area contributed by atoms with Crippen LogP contribution in [-0.4, -0.2) is 73.9 Å². The molecule has 12 heteroatoms. The van der Waals surface area contributed by atoms with Crippen LogP contribution in [0.2, 0.25) is 0 Å². The van der Waals surface area contributed by atoms with Crippen molar-refractivity contribution in [3.8, 4) is 34.3 Å². The third-order valence-corrected chi connectivity index (χ3v) is 6.57. The van der Waals surface area contributed by atoms with Crippen LogP contribution in [0.5, 0.6) is 23.0 Å². The molecule has 42 heavy (non-hydrogen) atoms. The van der Waals surface area contributed by atoms with E-state index in [0.717, 1.165) is 17.7 Å². The Labute approximate surface area is 237 Å². The van der Waals surface area contributed by atoms with Gasteiger partial charge in [0.25, 0.3) is 0 Å². The highest BCUT2D eigenvalue weighted by atomic mass is 16.7. The van der Waals surface area contributed by atoms with E-state index in [1.165, 1.54) is 36.4 Å². The number of esters is 1. The largest absolute Gasteiger partial charge is 0.507 e. The molecule has 1 aromatic heterocycles. The molecule has 218 valence electrons. The number of benzene rings is 3. The van der Waals surface area contributed by atoms with Crippen molar-refractivity contribution in [1.82, 2.24) is 0 Å². The van der Waals surface area contributed by atoms with Gasteiger partial charge in [0, 0.05) is 29.8 Å². The predicted octanol–water partition coefficient (Wildman–Crippen LogP) is 2.02. The summed E-state index contributed by atoms with van der Waals surface area (Å²) in [5.74, 6) is -2.19. The fraction of sp³-hybridized carbons (Fsp3) is 0.200. The Morgan fingerprint density at radius 2 is 1.62 bits per heavy atom. The first-order chi connectivity index (χ1) is 20.1. The molecule has 6 N–H and O–H groups in total. The number of ether oxygens (including phenoxy) is 3. The molecule has 1 aliphatic heterocycles. The van der Waals surface area contributed by atoms with Gasteiger partial charge in [0.1, 0.15) is 59.3 Å². The van der Waals surface area contributed by atoms with Crippen LogP contribution in [0.3, 0.4) is 0 Å². The standard InChI is InChI=1S/C30H26O12/c31-18-8-7-16(10-19(18)32)22-13-21(34)26-20(33)11-17(12-23(26)41-22)40-30-29(38)28(37)27(36)24(42-30)14-39-25(35)9-6-15-4-2-1-3-5-15/h1-13,24,27-33,36-38H,14H2/b9-6+/t24?,27-,28+,29?,30-/m1/s1. The zero-order valence-electron chi connectivity index (χ0n) is 21.7.